The molecule has 0 spiro atoms. The molecule has 2 rings (SSSR count). The Morgan fingerprint density at radius 2 is 2.00 bits per heavy atom. The SMILES string of the molecule is Cc1cc(C(=O)NC(C)C)nc(Nc2ccccc2C#N)n1. The fraction of sp³-hybridized carbons (Fsp3) is 0.250. The molecule has 0 fully saturated rings. The molecule has 2 N–H and O–H groups in total. The molecule has 0 unspecified atom stereocenters. The summed E-state index contributed by atoms with van der Waals surface area (Å²) in [4.78, 5) is 20.5. The van der Waals surface area contributed by atoms with Crippen LogP contribution < -0.4 is 10.6 Å². The number of hydrogen-bond donors (Lipinski definition) is 2. The van der Waals surface area contributed by atoms with Gasteiger partial charge in [-0.1, -0.05) is 12.1 Å². The van der Waals surface area contributed by atoms with E-state index in [0.29, 0.717) is 16.9 Å². The lowest BCUT2D eigenvalue weighted by Crippen LogP contribution is -2.31. The van der Waals surface area contributed by atoms with Crippen molar-refractivity contribution in [2.24, 2.45) is 0 Å². The Balaban J connectivity index is 2.31. The van der Waals surface area contributed by atoms with E-state index in [9.17, 15) is 4.79 Å². The van der Waals surface area contributed by atoms with Crippen LogP contribution in [0.15, 0.2) is 30.3 Å². The molecule has 2 aromatic rings. The Bertz CT molecular complexity index is 734. The van der Waals surface area contributed by atoms with E-state index < -0.39 is 0 Å². The van der Waals surface area contributed by atoms with Crippen molar-refractivity contribution in [3.05, 3.63) is 47.3 Å². The molecule has 22 heavy (non-hydrogen) atoms. The van der Waals surface area contributed by atoms with Gasteiger partial charge in [-0.05, 0) is 39.0 Å². The summed E-state index contributed by atoms with van der Waals surface area (Å²) < 4.78 is 0. The summed E-state index contributed by atoms with van der Waals surface area (Å²) in [7, 11) is 0. The van der Waals surface area contributed by atoms with Crippen LogP contribution in [0.3, 0.4) is 0 Å². The van der Waals surface area contributed by atoms with Gasteiger partial charge in [-0.25, -0.2) is 9.97 Å². The zero-order valence-corrected chi connectivity index (χ0v) is 12.7. The molecular formula is C16H17N5O. The monoisotopic (exact) mass is 295 g/mol. The molecule has 0 aliphatic rings. The van der Waals surface area contributed by atoms with E-state index in [2.05, 4.69) is 26.7 Å². The summed E-state index contributed by atoms with van der Waals surface area (Å²) in [6.45, 7) is 5.55. The van der Waals surface area contributed by atoms with Gasteiger partial charge in [0.2, 0.25) is 5.95 Å². The van der Waals surface area contributed by atoms with Crippen molar-refractivity contribution in [1.29, 1.82) is 5.26 Å². The topological polar surface area (TPSA) is 90.7 Å². The lowest BCUT2D eigenvalue weighted by Gasteiger charge is -2.11. The fourth-order valence-corrected chi connectivity index (χ4v) is 1.89. The van der Waals surface area contributed by atoms with E-state index in [-0.39, 0.29) is 23.6 Å². The molecule has 112 valence electrons. The number of carbonyl (C=O) groups excluding carboxylic acids is 1. The third-order valence-electron chi connectivity index (χ3n) is 2.80. The molecule has 0 atom stereocenters. The van der Waals surface area contributed by atoms with Crippen LogP contribution in [-0.2, 0) is 0 Å². The molecule has 0 aliphatic carbocycles. The van der Waals surface area contributed by atoms with Crippen molar-refractivity contribution in [2.75, 3.05) is 5.32 Å². The lowest BCUT2D eigenvalue weighted by molar-refractivity contribution is 0.0938. The Labute approximate surface area is 129 Å². The maximum atomic E-state index is 12.1. The molecule has 0 saturated heterocycles. The van der Waals surface area contributed by atoms with Gasteiger partial charge in [-0.3, -0.25) is 4.79 Å². The minimum Gasteiger partial charge on any atom is -0.349 e. The van der Waals surface area contributed by atoms with Crippen LogP contribution in [0.1, 0.15) is 35.6 Å². The minimum absolute atomic E-state index is 0.0264. The number of nitriles is 1. The van der Waals surface area contributed by atoms with Crippen LogP contribution in [-0.4, -0.2) is 21.9 Å². The molecule has 0 bridgehead atoms. The van der Waals surface area contributed by atoms with Crippen LogP contribution >= 0.6 is 0 Å². The predicted octanol–water partition coefficient (Wildman–Crippen LogP) is 2.54. The zero-order valence-electron chi connectivity index (χ0n) is 12.7. The number of benzene rings is 1. The molecule has 6 nitrogen and oxygen atoms in total. The number of carbonyl (C=O) groups is 1. The number of hydrogen-bond acceptors (Lipinski definition) is 5. The van der Waals surface area contributed by atoms with Gasteiger partial charge in [-0.15, -0.1) is 0 Å². The van der Waals surface area contributed by atoms with Crippen molar-refractivity contribution in [1.82, 2.24) is 15.3 Å². The highest BCUT2D eigenvalue weighted by molar-refractivity contribution is 5.92. The van der Waals surface area contributed by atoms with Crippen molar-refractivity contribution >= 4 is 17.5 Å². The first-order valence-electron chi connectivity index (χ1n) is 6.92. The van der Waals surface area contributed by atoms with Crippen molar-refractivity contribution in [3.63, 3.8) is 0 Å². The lowest BCUT2D eigenvalue weighted by atomic mass is 10.2. The Hall–Kier alpha value is -2.94. The van der Waals surface area contributed by atoms with Crippen LogP contribution in [0.5, 0.6) is 0 Å². The number of aryl methyl sites for hydroxylation is 1. The number of rotatable bonds is 4. The van der Waals surface area contributed by atoms with E-state index in [4.69, 9.17) is 5.26 Å². The quantitative estimate of drug-likeness (QED) is 0.904. The number of anilines is 2. The third kappa shape index (κ3) is 3.79. The summed E-state index contributed by atoms with van der Waals surface area (Å²) in [5.74, 6) is 0.0359. The smallest absolute Gasteiger partial charge is 0.270 e. The standard InChI is InChI=1S/C16H17N5O/c1-10(2)18-15(22)14-8-11(3)19-16(21-14)20-13-7-5-4-6-12(13)9-17/h4-8,10H,1-3H3,(H,18,22)(H,19,20,21). The molecule has 0 aliphatic heterocycles. The highest BCUT2D eigenvalue weighted by atomic mass is 16.1. The van der Waals surface area contributed by atoms with E-state index >= 15 is 0 Å². The summed E-state index contributed by atoms with van der Waals surface area (Å²) in [6.07, 6.45) is 0. The van der Waals surface area contributed by atoms with E-state index in [1.165, 1.54) is 0 Å². The summed E-state index contributed by atoms with van der Waals surface area (Å²) in [5, 5.41) is 14.9. The Morgan fingerprint density at radius 3 is 2.68 bits per heavy atom. The minimum atomic E-state index is -0.253. The number of aromatic nitrogens is 2. The predicted molar refractivity (Wildman–Crippen MR) is 83.8 cm³/mol. The first-order valence-corrected chi connectivity index (χ1v) is 6.92. The summed E-state index contributed by atoms with van der Waals surface area (Å²) in [6, 6.07) is 10.8. The maximum Gasteiger partial charge on any atom is 0.270 e. The van der Waals surface area contributed by atoms with E-state index in [1.807, 2.05) is 19.9 Å². The van der Waals surface area contributed by atoms with Crippen molar-refractivity contribution in [3.8, 4) is 6.07 Å². The van der Waals surface area contributed by atoms with Gasteiger partial charge in [0.15, 0.2) is 0 Å². The highest BCUT2D eigenvalue weighted by Crippen LogP contribution is 2.18. The molecular weight excluding hydrogens is 278 g/mol. The van der Waals surface area contributed by atoms with Gasteiger partial charge in [0, 0.05) is 11.7 Å². The zero-order chi connectivity index (χ0) is 16.1. The molecule has 6 heteroatoms. The number of amides is 1. The highest BCUT2D eigenvalue weighted by Gasteiger charge is 2.12. The van der Waals surface area contributed by atoms with Gasteiger partial charge in [0.1, 0.15) is 11.8 Å². The molecule has 1 aromatic heterocycles. The maximum absolute atomic E-state index is 12.1. The largest absolute Gasteiger partial charge is 0.349 e. The van der Waals surface area contributed by atoms with Crippen molar-refractivity contribution in [2.45, 2.75) is 26.8 Å². The average molecular weight is 295 g/mol. The second kappa shape index (κ2) is 6.68. The first-order chi connectivity index (χ1) is 10.5. The van der Waals surface area contributed by atoms with Gasteiger partial charge < -0.3 is 10.6 Å². The second-order valence-electron chi connectivity index (χ2n) is 5.13. The van der Waals surface area contributed by atoms with Gasteiger partial charge >= 0.3 is 0 Å². The molecule has 1 aromatic carbocycles. The van der Waals surface area contributed by atoms with Crippen molar-refractivity contribution < 1.29 is 4.79 Å². The van der Waals surface area contributed by atoms with Gasteiger partial charge in [0.05, 0.1) is 11.3 Å². The number of para-hydroxylation sites is 1. The molecule has 1 amide bonds. The van der Waals surface area contributed by atoms with Crippen LogP contribution in [0.4, 0.5) is 11.6 Å². The first kappa shape index (κ1) is 15.4. The van der Waals surface area contributed by atoms with Crippen LogP contribution in [0.25, 0.3) is 0 Å². The Morgan fingerprint density at radius 1 is 1.27 bits per heavy atom. The van der Waals surface area contributed by atoms with Gasteiger partial charge in [-0.2, -0.15) is 5.26 Å². The molecule has 0 radical (unpaired) electrons. The number of nitrogens with one attached hydrogen (secondary N) is 2. The van der Waals surface area contributed by atoms with E-state index in [1.54, 1.807) is 31.2 Å². The average Bonchev–Trinajstić information content (AvgIpc) is 2.46. The molecule has 1 heterocycles. The normalized spacial score (nSPS) is 10.1. The second-order valence-corrected chi connectivity index (χ2v) is 5.13. The third-order valence-corrected chi connectivity index (χ3v) is 2.80. The number of nitrogens with zero attached hydrogens (tertiary/aromatic N) is 3. The fourth-order valence-electron chi connectivity index (χ4n) is 1.89. The molecule has 0 saturated carbocycles. The Kier molecular flexibility index (Phi) is 4.69. The van der Waals surface area contributed by atoms with Crippen LogP contribution in [0, 0.1) is 18.3 Å². The van der Waals surface area contributed by atoms with Gasteiger partial charge in [0.25, 0.3) is 5.91 Å². The summed E-state index contributed by atoms with van der Waals surface area (Å²) in [5.41, 5.74) is 2.05. The van der Waals surface area contributed by atoms with Crippen LogP contribution in [0.2, 0.25) is 0 Å². The van der Waals surface area contributed by atoms with E-state index in [0.717, 1.165) is 0 Å². The summed E-state index contributed by atoms with van der Waals surface area (Å²) >= 11 is 0.